The summed E-state index contributed by atoms with van der Waals surface area (Å²) in [4.78, 5) is 22.7. The molecule has 112 valence electrons. The number of hydrogen-bond acceptors (Lipinski definition) is 5. The van der Waals surface area contributed by atoms with Crippen LogP contribution in [0.1, 0.15) is 33.5 Å². The van der Waals surface area contributed by atoms with E-state index in [2.05, 4.69) is 20.7 Å². The number of carboxylic acid groups (broad SMARTS) is 1. The number of aromatic nitrogens is 5. The first-order valence-corrected chi connectivity index (χ1v) is 6.45. The van der Waals surface area contributed by atoms with Gasteiger partial charge < -0.3 is 10.4 Å². The smallest absolute Gasteiger partial charge is 0.358 e. The van der Waals surface area contributed by atoms with E-state index >= 15 is 0 Å². The normalized spacial score (nSPS) is 10.6. The van der Waals surface area contributed by atoms with Crippen molar-refractivity contribution in [2.45, 2.75) is 19.9 Å². The van der Waals surface area contributed by atoms with Gasteiger partial charge in [-0.3, -0.25) is 9.48 Å². The highest BCUT2D eigenvalue weighted by atomic mass is 16.4. The Morgan fingerprint density at radius 1 is 1.38 bits per heavy atom. The number of carbonyl (C=O) groups excluding carboxylic acids is 1. The van der Waals surface area contributed by atoms with Gasteiger partial charge in [-0.15, -0.1) is 5.10 Å². The second kappa shape index (κ2) is 6.16. The SMILES string of the molecule is CCc1nn(C)cc1C(=O)NCCn1cc(C(=O)O)nn1. The van der Waals surface area contributed by atoms with E-state index in [9.17, 15) is 9.59 Å². The van der Waals surface area contributed by atoms with E-state index in [-0.39, 0.29) is 11.6 Å². The number of aromatic carboxylic acids is 1. The first-order valence-electron chi connectivity index (χ1n) is 6.45. The van der Waals surface area contributed by atoms with E-state index in [1.165, 1.54) is 10.9 Å². The van der Waals surface area contributed by atoms with Gasteiger partial charge in [-0.05, 0) is 6.42 Å². The van der Waals surface area contributed by atoms with Crippen molar-refractivity contribution in [2.75, 3.05) is 6.54 Å². The Morgan fingerprint density at radius 3 is 2.76 bits per heavy atom. The Morgan fingerprint density at radius 2 is 2.14 bits per heavy atom. The summed E-state index contributed by atoms with van der Waals surface area (Å²) in [6, 6.07) is 0. The zero-order chi connectivity index (χ0) is 15.4. The molecule has 2 N–H and O–H groups in total. The van der Waals surface area contributed by atoms with E-state index in [1.54, 1.807) is 17.9 Å². The Hall–Kier alpha value is -2.71. The molecule has 0 aliphatic heterocycles. The first kappa shape index (κ1) is 14.7. The standard InChI is InChI=1S/C12H16N6O3/c1-3-9-8(6-17(2)15-9)11(19)13-4-5-18-7-10(12(20)21)14-16-18/h6-7H,3-5H2,1-2H3,(H,13,19)(H,20,21). The molecule has 0 saturated carbocycles. The van der Waals surface area contributed by atoms with Crippen LogP contribution >= 0.6 is 0 Å². The second-order valence-electron chi connectivity index (χ2n) is 4.44. The summed E-state index contributed by atoms with van der Waals surface area (Å²) in [5, 5.41) is 22.8. The number of amides is 1. The van der Waals surface area contributed by atoms with Crippen LogP contribution in [0.25, 0.3) is 0 Å². The van der Waals surface area contributed by atoms with E-state index in [4.69, 9.17) is 5.11 Å². The van der Waals surface area contributed by atoms with Gasteiger partial charge in [-0.25, -0.2) is 9.48 Å². The van der Waals surface area contributed by atoms with E-state index in [1.807, 2.05) is 6.92 Å². The Kier molecular flexibility index (Phi) is 4.31. The molecule has 2 heterocycles. The summed E-state index contributed by atoms with van der Waals surface area (Å²) in [6.07, 6.45) is 3.66. The molecule has 0 radical (unpaired) electrons. The molecular weight excluding hydrogens is 276 g/mol. The molecule has 0 bridgehead atoms. The lowest BCUT2D eigenvalue weighted by Crippen LogP contribution is -2.27. The predicted octanol–water partition coefficient (Wildman–Crippen LogP) is -0.298. The van der Waals surface area contributed by atoms with Crippen LogP contribution < -0.4 is 5.32 Å². The molecule has 0 fully saturated rings. The highest BCUT2D eigenvalue weighted by Gasteiger charge is 2.14. The molecule has 0 unspecified atom stereocenters. The van der Waals surface area contributed by atoms with Gasteiger partial charge in [0, 0.05) is 19.8 Å². The van der Waals surface area contributed by atoms with Gasteiger partial charge in [0.05, 0.1) is 24.0 Å². The second-order valence-corrected chi connectivity index (χ2v) is 4.44. The topological polar surface area (TPSA) is 115 Å². The van der Waals surface area contributed by atoms with Gasteiger partial charge in [-0.2, -0.15) is 5.10 Å². The largest absolute Gasteiger partial charge is 0.476 e. The summed E-state index contributed by atoms with van der Waals surface area (Å²) in [5.41, 5.74) is 1.16. The van der Waals surface area contributed by atoms with Crippen molar-refractivity contribution >= 4 is 11.9 Å². The van der Waals surface area contributed by atoms with Crippen LogP contribution in [0.5, 0.6) is 0 Å². The van der Waals surface area contributed by atoms with Crippen LogP contribution in [-0.4, -0.2) is 48.3 Å². The minimum absolute atomic E-state index is 0.123. The average Bonchev–Trinajstić information content (AvgIpc) is 3.05. The molecule has 0 atom stereocenters. The lowest BCUT2D eigenvalue weighted by molar-refractivity contribution is 0.0690. The molecular formula is C12H16N6O3. The number of aryl methyl sites for hydroxylation is 2. The van der Waals surface area contributed by atoms with Crippen LogP contribution in [0.15, 0.2) is 12.4 Å². The van der Waals surface area contributed by atoms with Gasteiger partial charge >= 0.3 is 5.97 Å². The Labute approximate surface area is 120 Å². The van der Waals surface area contributed by atoms with E-state index in [0.717, 1.165) is 5.69 Å². The Bertz CT molecular complexity index is 660. The van der Waals surface area contributed by atoms with Crippen molar-refractivity contribution in [2.24, 2.45) is 7.05 Å². The van der Waals surface area contributed by atoms with Crippen molar-refractivity contribution in [3.05, 3.63) is 29.3 Å². The molecule has 9 nitrogen and oxygen atoms in total. The highest BCUT2D eigenvalue weighted by molar-refractivity contribution is 5.95. The van der Waals surface area contributed by atoms with Gasteiger partial charge in [0.2, 0.25) is 0 Å². The number of nitrogens with zero attached hydrogens (tertiary/aromatic N) is 5. The summed E-state index contributed by atoms with van der Waals surface area (Å²) in [5.74, 6) is -1.34. The van der Waals surface area contributed by atoms with Gasteiger partial charge in [-0.1, -0.05) is 12.1 Å². The van der Waals surface area contributed by atoms with Gasteiger partial charge in [0.1, 0.15) is 0 Å². The van der Waals surface area contributed by atoms with Crippen LogP contribution in [0.3, 0.4) is 0 Å². The minimum atomic E-state index is -1.13. The zero-order valence-corrected chi connectivity index (χ0v) is 11.8. The molecule has 2 aromatic rings. The third kappa shape index (κ3) is 3.44. The molecule has 1 amide bonds. The summed E-state index contributed by atoms with van der Waals surface area (Å²) in [7, 11) is 1.76. The first-order chi connectivity index (χ1) is 10.0. The lowest BCUT2D eigenvalue weighted by atomic mass is 10.2. The highest BCUT2D eigenvalue weighted by Crippen LogP contribution is 2.06. The summed E-state index contributed by atoms with van der Waals surface area (Å²) in [6.45, 7) is 2.59. The quantitative estimate of drug-likeness (QED) is 0.755. The molecule has 0 saturated heterocycles. The number of carbonyl (C=O) groups is 2. The molecule has 2 rings (SSSR count). The number of hydrogen-bond donors (Lipinski definition) is 2. The maximum Gasteiger partial charge on any atom is 0.358 e. The van der Waals surface area contributed by atoms with E-state index < -0.39 is 5.97 Å². The molecule has 21 heavy (non-hydrogen) atoms. The summed E-state index contributed by atoms with van der Waals surface area (Å²) >= 11 is 0. The van der Waals surface area contributed by atoms with Crippen molar-refractivity contribution in [1.29, 1.82) is 0 Å². The predicted molar refractivity (Wildman–Crippen MR) is 71.9 cm³/mol. The van der Waals surface area contributed by atoms with Crippen LogP contribution in [0, 0.1) is 0 Å². The van der Waals surface area contributed by atoms with Crippen LogP contribution in [0.4, 0.5) is 0 Å². The fourth-order valence-electron chi connectivity index (χ4n) is 1.87. The van der Waals surface area contributed by atoms with Crippen molar-refractivity contribution in [3.63, 3.8) is 0 Å². The number of nitrogens with one attached hydrogen (secondary N) is 1. The number of carboxylic acids is 1. The molecule has 0 spiro atoms. The fourth-order valence-corrected chi connectivity index (χ4v) is 1.87. The van der Waals surface area contributed by atoms with Gasteiger partial charge in [0.25, 0.3) is 5.91 Å². The van der Waals surface area contributed by atoms with Crippen LogP contribution in [-0.2, 0) is 20.0 Å². The maximum absolute atomic E-state index is 12.0. The monoisotopic (exact) mass is 292 g/mol. The van der Waals surface area contributed by atoms with Crippen molar-refractivity contribution in [3.8, 4) is 0 Å². The summed E-state index contributed by atoms with van der Waals surface area (Å²) < 4.78 is 2.97. The third-order valence-electron chi connectivity index (χ3n) is 2.87. The van der Waals surface area contributed by atoms with E-state index in [0.29, 0.717) is 25.1 Å². The average molecular weight is 292 g/mol. The van der Waals surface area contributed by atoms with Crippen molar-refractivity contribution < 1.29 is 14.7 Å². The minimum Gasteiger partial charge on any atom is -0.476 e. The Balaban J connectivity index is 1.90. The zero-order valence-electron chi connectivity index (χ0n) is 11.8. The third-order valence-corrected chi connectivity index (χ3v) is 2.87. The van der Waals surface area contributed by atoms with Gasteiger partial charge in [0.15, 0.2) is 5.69 Å². The number of rotatable bonds is 6. The van der Waals surface area contributed by atoms with Crippen molar-refractivity contribution in [1.82, 2.24) is 30.1 Å². The fraction of sp³-hybridized carbons (Fsp3) is 0.417. The lowest BCUT2D eigenvalue weighted by Gasteiger charge is -2.04. The van der Waals surface area contributed by atoms with Crippen LogP contribution in [0.2, 0.25) is 0 Å². The molecule has 0 aromatic carbocycles. The maximum atomic E-state index is 12.0. The molecule has 9 heteroatoms. The molecule has 0 aliphatic carbocycles. The molecule has 2 aromatic heterocycles. The molecule has 0 aliphatic rings.